The fourth-order valence-corrected chi connectivity index (χ4v) is 2.75. The third-order valence-electron chi connectivity index (χ3n) is 3.89. The molecule has 0 unspecified atom stereocenters. The average Bonchev–Trinajstić information content (AvgIpc) is 2.87. The Hall–Kier alpha value is -2.29. The van der Waals surface area contributed by atoms with Crippen LogP contribution in [-0.2, 0) is 9.53 Å². The van der Waals surface area contributed by atoms with Crippen molar-refractivity contribution in [2.75, 3.05) is 7.11 Å². The number of hydrogen-bond donors (Lipinski definition) is 2. The predicted molar refractivity (Wildman–Crippen MR) is 75.4 cm³/mol. The SMILES string of the molecule is COC(=O)[C@H]1CCCCC[C@H]1NC(=O)c1cc(C#N)c[nH]1. The van der Waals surface area contributed by atoms with Gasteiger partial charge in [-0.2, -0.15) is 5.26 Å². The number of carbonyl (C=O) groups is 2. The van der Waals surface area contributed by atoms with Crippen LogP contribution < -0.4 is 5.32 Å². The van der Waals surface area contributed by atoms with Crippen LogP contribution >= 0.6 is 0 Å². The summed E-state index contributed by atoms with van der Waals surface area (Å²) in [7, 11) is 1.37. The topological polar surface area (TPSA) is 95.0 Å². The van der Waals surface area contributed by atoms with Gasteiger partial charge in [0.2, 0.25) is 0 Å². The van der Waals surface area contributed by atoms with E-state index in [9.17, 15) is 9.59 Å². The number of H-pyrrole nitrogens is 1. The molecule has 1 saturated carbocycles. The Morgan fingerprint density at radius 3 is 2.81 bits per heavy atom. The third kappa shape index (κ3) is 3.63. The van der Waals surface area contributed by atoms with Gasteiger partial charge in [-0.25, -0.2) is 0 Å². The van der Waals surface area contributed by atoms with E-state index in [4.69, 9.17) is 10.00 Å². The molecule has 1 heterocycles. The molecule has 0 bridgehead atoms. The van der Waals surface area contributed by atoms with Crippen molar-refractivity contribution in [1.29, 1.82) is 5.26 Å². The first-order valence-corrected chi connectivity index (χ1v) is 7.13. The molecule has 0 spiro atoms. The summed E-state index contributed by atoms with van der Waals surface area (Å²) < 4.78 is 4.84. The molecule has 1 amide bonds. The molecule has 1 aromatic heterocycles. The van der Waals surface area contributed by atoms with Crippen molar-refractivity contribution in [2.24, 2.45) is 5.92 Å². The second-order valence-corrected chi connectivity index (χ2v) is 5.26. The highest BCUT2D eigenvalue weighted by molar-refractivity contribution is 5.93. The summed E-state index contributed by atoms with van der Waals surface area (Å²) in [5.74, 6) is -0.865. The molecule has 21 heavy (non-hydrogen) atoms. The van der Waals surface area contributed by atoms with Crippen molar-refractivity contribution in [2.45, 2.75) is 38.1 Å². The zero-order valence-corrected chi connectivity index (χ0v) is 12.0. The molecule has 1 aromatic rings. The van der Waals surface area contributed by atoms with Gasteiger partial charge in [0, 0.05) is 12.2 Å². The fraction of sp³-hybridized carbons (Fsp3) is 0.533. The molecule has 0 radical (unpaired) electrons. The van der Waals surface area contributed by atoms with E-state index in [0.29, 0.717) is 11.3 Å². The summed E-state index contributed by atoms with van der Waals surface area (Å²) in [4.78, 5) is 26.9. The average molecular weight is 289 g/mol. The van der Waals surface area contributed by atoms with Gasteiger partial charge in [-0.05, 0) is 18.9 Å². The zero-order chi connectivity index (χ0) is 15.2. The van der Waals surface area contributed by atoms with Gasteiger partial charge in [0.15, 0.2) is 0 Å². The van der Waals surface area contributed by atoms with E-state index in [2.05, 4.69) is 10.3 Å². The van der Waals surface area contributed by atoms with Crippen LogP contribution in [-0.4, -0.2) is 30.0 Å². The number of nitrogens with one attached hydrogen (secondary N) is 2. The maximum Gasteiger partial charge on any atom is 0.310 e. The van der Waals surface area contributed by atoms with Crippen molar-refractivity contribution in [1.82, 2.24) is 10.3 Å². The summed E-state index contributed by atoms with van der Waals surface area (Å²) in [6.07, 6.45) is 5.98. The van der Waals surface area contributed by atoms with E-state index < -0.39 is 0 Å². The molecule has 1 aliphatic rings. The van der Waals surface area contributed by atoms with Gasteiger partial charge in [0.1, 0.15) is 11.8 Å². The van der Waals surface area contributed by atoms with E-state index >= 15 is 0 Å². The first kappa shape index (κ1) is 15.1. The predicted octanol–water partition coefficient (Wildman–Crippen LogP) is 1.74. The van der Waals surface area contributed by atoms with Crippen molar-refractivity contribution in [3.05, 3.63) is 23.5 Å². The minimum Gasteiger partial charge on any atom is -0.469 e. The van der Waals surface area contributed by atoms with E-state index in [-0.39, 0.29) is 23.8 Å². The smallest absolute Gasteiger partial charge is 0.310 e. The van der Waals surface area contributed by atoms with Crippen LogP contribution in [0, 0.1) is 17.2 Å². The summed E-state index contributed by atoms with van der Waals surface area (Å²) >= 11 is 0. The summed E-state index contributed by atoms with van der Waals surface area (Å²) in [6, 6.07) is 3.24. The van der Waals surface area contributed by atoms with E-state index in [1.54, 1.807) is 0 Å². The Bertz CT molecular complexity index is 559. The van der Waals surface area contributed by atoms with Crippen LogP contribution in [0.5, 0.6) is 0 Å². The lowest BCUT2D eigenvalue weighted by Crippen LogP contribution is -2.43. The number of hydrogen-bond acceptors (Lipinski definition) is 4. The molecule has 6 nitrogen and oxygen atoms in total. The Kier molecular flexibility index (Phi) is 4.99. The number of methoxy groups -OCH3 is 1. The van der Waals surface area contributed by atoms with Crippen LogP contribution in [0.3, 0.4) is 0 Å². The molecule has 1 aliphatic carbocycles. The molecular weight excluding hydrogens is 270 g/mol. The lowest BCUT2D eigenvalue weighted by molar-refractivity contribution is -0.146. The Morgan fingerprint density at radius 2 is 2.14 bits per heavy atom. The highest BCUT2D eigenvalue weighted by Crippen LogP contribution is 2.25. The van der Waals surface area contributed by atoms with Gasteiger partial charge in [-0.1, -0.05) is 19.3 Å². The first-order valence-electron chi connectivity index (χ1n) is 7.13. The van der Waals surface area contributed by atoms with Gasteiger partial charge in [-0.3, -0.25) is 9.59 Å². The first-order chi connectivity index (χ1) is 10.2. The van der Waals surface area contributed by atoms with Crippen LogP contribution in [0.25, 0.3) is 0 Å². The molecule has 2 N–H and O–H groups in total. The minimum absolute atomic E-state index is 0.221. The molecule has 0 saturated heterocycles. The van der Waals surface area contributed by atoms with Crippen molar-refractivity contribution in [3.63, 3.8) is 0 Å². The molecule has 2 rings (SSSR count). The maximum absolute atomic E-state index is 12.2. The fourth-order valence-electron chi connectivity index (χ4n) is 2.75. The number of nitrogens with zero attached hydrogens (tertiary/aromatic N) is 1. The normalized spacial score (nSPS) is 21.9. The third-order valence-corrected chi connectivity index (χ3v) is 3.89. The second-order valence-electron chi connectivity index (χ2n) is 5.26. The van der Waals surface area contributed by atoms with Crippen LogP contribution in [0.4, 0.5) is 0 Å². The summed E-state index contributed by atoms with van der Waals surface area (Å²) in [5.41, 5.74) is 0.741. The Morgan fingerprint density at radius 1 is 1.38 bits per heavy atom. The number of nitriles is 1. The van der Waals surface area contributed by atoms with Gasteiger partial charge in [-0.15, -0.1) is 0 Å². The minimum atomic E-state index is -0.299. The van der Waals surface area contributed by atoms with Crippen LogP contribution in [0.2, 0.25) is 0 Å². The molecule has 112 valence electrons. The van der Waals surface area contributed by atoms with Crippen molar-refractivity contribution >= 4 is 11.9 Å². The number of carbonyl (C=O) groups excluding carboxylic acids is 2. The molecule has 2 atom stereocenters. The zero-order valence-electron chi connectivity index (χ0n) is 12.0. The number of aromatic nitrogens is 1. The lowest BCUT2D eigenvalue weighted by Gasteiger charge is -2.23. The van der Waals surface area contributed by atoms with Gasteiger partial charge in [0.05, 0.1) is 18.6 Å². The van der Waals surface area contributed by atoms with Crippen molar-refractivity contribution < 1.29 is 14.3 Å². The standard InChI is InChI=1S/C15H19N3O3/c1-21-15(20)11-5-3-2-4-6-12(11)18-14(19)13-7-10(8-16)9-17-13/h7,9,11-12,17H,2-6H2,1H3,(H,18,19)/t11-,12+/m0/s1. The van der Waals surface area contributed by atoms with E-state index in [0.717, 1.165) is 32.1 Å². The number of ether oxygens (including phenoxy) is 1. The molecular formula is C15H19N3O3. The highest BCUT2D eigenvalue weighted by atomic mass is 16.5. The monoisotopic (exact) mass is 289 g/mol. The van der Waals surface area contributed by atoms with Gasteiger partial charge in [0.25, 0.3) is 5.91 Å². The number of rotatable bonds is 3. The lowest BCUT2D eigenvalue weighted by atomic mass is 9.94. The van der Waals surface area contributed by atoms with Gasteiger partial charge >= 0.3 is 5.97 Å². The van der Waals surface area contributed by atoms with E-state index in [1.807, 2.05) is 6.07 Å². The van der Waals surface area contributed by atoms with E-state index in [1.165, 1.54) is 19.4 Å². The molecule has 1 fully saturated rings. The maximum atomic E-state index is 12.2. The largest absolute Gasteiger partial charge is 0.469 e. The van der Waals surface area contributed by atoms with Crippen LogP contribution in [0.1, 0.15) is 48.2 Å². The number of aromatic amines is 1. The van der Waals surface area contributed by atoms with Gasteiger partial charge < -0.3 is 15.0 Å². The number of amides is 1. The summed E-state index contributed by atoms with van der Waals surface area (Å²) in [6.45, 7) is 0. The molecule has 6 heteroatoms. The molecule has 0 aliphatic heterocycles. The van der Waals surface area contributed by atoms with Crippen molar-refractivity contribution in [3.8, 4) is 6.07 Å². The summed E-state index contributed by atoms with van der Waals surface area (Å²) in [5, 5.41) is 11.7. The Labute approximate surface area is 123 Å². The second kappa shape index (κ2) is 6.93. The highest BCUT2D eigenvalue weighted by Gasteiger charge is 2.31. The molecule has 0 aromatic carbocycles. The van der Waals surface area contributed by atoms with Crippen LogP contribution in [0.15, 0.2) is 12.3 Å². The Balaban J connectivity index is 2.08. The quantitative estimate of drug-likeness (QED) is 0.654. The number of esters is 1.